The van der Waals surface area contributed by atoms with Gasteiger partial charge in [-0.15, -0.1) is 0 Å². The van der Waals surface area contributed by atoms with Crippen LogP contribution in [0.4, 0.5) is 0 Å². The molecule has 0 bridgehead atoms. The fourth-order valence-electron chi connectivity index (χ4n) is 2.13. The number of nitrogens with zero attached hydrogens (tertiary/aromatic N) is 1. The second kappa shape index (κ2) is 4.63. The predicted molar refractivity (Wildman–Crippen MR) is 65.7 cm³/mol. The second-order valence-corrected chi connectivity index (χ2v) is 4.46. The van der Waals surface area contributed by atoms with Crippen molar-refractivity contribution in [2.75, 3.05) is 13.1 Å². The van der Waals surface area contributed by atoms with Gasteiger partial charge in [0.05, 0.1) is 0 Å². The summed E-state index contributed by atoms with van der Waals surface area (Å²) in [6.07, 6.45) is 2.72. The molecule has 1 heterocycles. The molecule has 0 N–H and O–H groups in total. The number of hydrogen-bond donors (Lipinski definition) is 0. The lowest BCUT2D eigenvalue weighted by atomic mass is 10.1. The van der Waals surface area contributed by atoms with Crippen molar-refractivity contribution < 1.29 is 0 Å². The fourth-order valence-corrected chi connectivity index (χ4v) is 2.13. The van der Waals surface area contributed by atoms with E-state index in [0.717, 1.165) is 12.1 Å². The highest BCUT2D eigenvalue weighted by Gasteiger charge is 2.11. The van der Waals surface area contributed by atoms with Gasteiger partial charge in [-0.05, 0) is 44.0 Å². The average molecular weight is 201 g/mol. The van der Waals surface area contributed by atoms with Crippen LogP contribution in [0.2, 0.25) is 0 Å². The first-order valence-electron chi connectivity index (χ1n) is 5.73. The van der Waals surface area contributed by atoms with E-state index in [1.54, 1.807) is 0 Å². The van der Waals surface area contributed by atoms with Crippen LogP contribution in [0.5, 0.6) is 0 Å². The molecule has 0 aliphatic carbocycles. The van der Waals surface area contributed by atoms with Crippen LogP contribution in [0.1, 0.15) is 30.9 Å². The van der Waals surface area contributed by atoms with Gasteiger partial charge in [-0.25, -0.2) is 0 Å². The number of allylic oxidation sites excluding steroid dienone is 1. The first kappa shape index (κ1) is 10.4. The molecular weight excluding hydrogens is 182 g/mol. The van der Waals surface area contributed by atoms with Crippen molar-refractivity contribution >= 4 is 5.57 Å². The zero-order chi connectivity index (χ0) is 10.7. The molecule has 0 spiro atoms. The summed E-state index contributed by atoms with van der Waals surface area (Å²) in [4.78, 5) is 2.53. The zero-order valence-corrected chi connectivity index (χ0v) is 9.50. The maximum Gasteiger partial charge on any atom is 0.0233 e. The minimum Gasteiger partial charge on any atom is -0.299 e. The van der Waals surface area contributed by atoms with Gasteiger partial charge in [0, 0.05) is 6.54 Å². The van der Waals surface area contributed by atoms with Gasteiger partial charge in [-0.2, -0.15) is 0 Å². The second-order valence-electron chi connectivity index (χ2n) is 4.46. The molecule has 1 saturated heterocycles. The molecule has 1 aromatic rings. The molecule has 0 aromatic heterocycles. The molecule has 1 fully saturated rings. The van der Waals surface area contributed by atoms with Crippen LogP contribution in [0.25, 0.3) is 5.57 Å². The van der Waals surface area contributed by atoms with Crippen LogP contribution in [0.15, 0.2) is 30.8 Å². The van der Waals surface area contributed by atoms with Crippen molar-refractivity contribution in [3.63, 3.8) is 0 Å². The zero-order valence-electron chi connectivity index (χ0n) is 9.50. The van der Waals surface area contributed by atoms with Crippen molar-refractivity contribution in [3.8, 4) is 0 Å². The Hall–Kier alpha value is -1.08. The Morgan fingerprint density at radius 1 is 1.33 bits per heavy atom. The number of benzene rings is 1. The SMILES string of the molecule is C=C(C)c1cccc(CN2CCCC2)c1. The van der Waals surface area contributed by atoms with Crippen molar-refractivity contribution in [1.29, 1.82) is 0 Å². The molecule has 15 heavy (non-hydrogen) atoms. The Balaban J connectivity index is 2.07. The topological polar surface area (TPSA) is 3.24 Å². The molecular formula is C14H19N. The Morgan fingerprint density at radius 2 is 2.07 bits per heavy atom. The molecule has 0 unspecified atom stereocenters. The molecule has 1 aliphatic rings. The first-order chi connectivity index (χ1) is 7.25. The van der Waals surface area contributed by atoms with E-state index in [2.05, 4.69) is 42.7 Å². The highest BCUT2D eigenvalue weighted by atomic mass is 15.1. The van der Waals surface area contributed by atoms with Gasteiger partial charge in [0.2, 0.25) is 0 Å². The number of hydrogen-bond acceptors (Lipinski definition) is 1. The number of rotatable bonds is 3. The van der Waals surface area contributed by atoms with Gasteiger partial charge in [-0.3, -0.25) is 4.90 Å². The highest BCUT2D eigenvalue weighted by Crippen LogP contribution is 2.17. The molecule has 1 aromatic carbocycles. The third kappa shape index (κ3) is 2.69. The maximum atomic E-state index is 3.98. The summed E-state index contributed by atoms with van der Waals surface area (Å²) in [5.41, 5.74) is 3.84. The van der Waals surface area contributed by atoms with Crippen LogP contribution in [-0.4, -0.2) is 18.0 Å². The summed E-state index contributed by atoms with van der Waals surface area (Å²) < 4.78 is 0. The summed E-state index contributed by atoms with van der Waals surface area (Å²) in [5.74, 6) is 0. The summed E-state index contributed by atoms with van der Waals surface area (Å²) in [6, 6.07) is 8.75. The largest absolute Gasteiger partial charge is 0.299 e. The summed E-state index contributed by atoms with van der Waals surface area (Å²) in [7, 11) is 0. The molecule has 1 nitrogen and oxygen atoms in total. The van der Waals surface area contributed by atoms with E-state index in [0.29, 0.717) is 0 Å². The van der Waals surface area contributed by atoms with E-state index in [-0.39, 0.29) is 0 Å². The van der Waals surface area contributed by atoms with E-state index >= 15 is 0 Å². The van der Waals surface area contributed by atoms with E-state index in [1.165, 1.54) is 37.1 Å². The van der Waals surface area contributed by atoms with E-state index < -0.39 is 0 Å². The summed E-state index contributed by atoms with van der Waals surface area (Å²) >= 11 is 0. The van der Waals surface area contributed by atoms with E-state index in [9.17, 15) is 0 Å². The standard InChI is InChI=1S/C14H19N/c1-12(2)14-7-5-6-13(10-14)11-15-8-3-4-9-15/h5-7,10H,1,3-4,8-9,11H2,2H3. The van der Waals surface area contributed by atoms with Crippen molar-refractivity contribution in [3.05, 3.63) is 42.0 Å². The van der Waals surface area contributed by atoms with Gasteiger partial charge in [-0.1, -0.05) is 36.4 Å². The van der Waals surface area contributed by atoms with Crippen LogP contribution in [-0.2, 0) is 6.54 Å². The van der Waals surface area contributed by atoms with Crippen LogP contribution >= 0.6 is 0 Å². The van der Waals surface area contributed by atoms with Crippen LogP contribution in [0.3, 0.4) is 0 Å². The van der Waals surface area contributed by atoms with Gasteiger partial charge in [0.1, 0.15) is 0 Å². The number of likely N-dealkylation sites (tertiary alicyclic amines) is 1. The lowest BCUT2D eigenvalue weighted by Gasteiger charge is -2.15. The maximum absolute atomic E-state index is 3.98. The van der Waals surface area contributed by atoms with Crippen molar-refractivity contribution in [2.24, 2.45) is 0 Å². The highest BCUT2D eigenvalue weighted by molar-refractivity contribution is 5.61. The van der Waals surface area contributed by atoms with Gasteiger partial charge >= 0.3 is 0 Å². The Morgan fingerprint density at radius 3 is 2.73 bits per heavy atom. The Labute approximate surface area is 92.4 Å². The molecule has 1 heteroatoms. The lowest BCUT2D eigenvalue weighted by molar-refractivity contribution is 0.331. The molecule has 80 valence electrons. The molecule has 1 aliphatic heterocycles. The fraction of sp³-hybridized carbons (Fsp3) is 0.429. The lowest BCUT2D eigenvalue weighted by Crippen LogP contribution is -2.18. The summed E-state index contributed by atoms with van der Waals surface area (Å²) in [6.45, 7) is 9.67. The normalized spacial score (nSPS) is 16.9. The average Bonchev–Trinajstić information content (AvgIpc) is 2.71. The quantitative estimate of drug-likeness (QED) is 0.725. The molecule has 0 atom stereocenters. The van der Waals surface area contributed by atoms with E-state index in [1.807, 2.05) is 0 Å². The van der Waals surface area contributed by atoms with E-state index in [4.69, 9.17) is 0 Å². The van der Waals surface area contributed by atoms with Gasteiger partial charge < -0.3 is 0 Å². The molecule has 2 rings (SSSR count). The van der Waals surface area contributed by atoms with Gasteiger partial charge in [0.15, 0.2) is 0 Å². The minimum absolute atomic E-state index is 1.10. The van der Waals surface area contributed by atoms with Gasteiger partial charge in [0.25, 0.3) is 0 Å². The third-order valence-corrected chi connectivity index (χ3v) is 3.02. The van der Waals surface area contributed by atoms with Crippen molar-refractivity contribution in [1.82, 2.24) is 4.90 Å². The predicted octanol–water partition coefficient (Wildman–Crippen LogP) is 3.32. The molecule has 0 amide bonds. The Bertz CT molecular complexity index is 348. The monoisotopic (exact) mass is 201 g/mol. The third-order valence-electron chi connectivity index (χ3n) is 3.02. The van der Waals surface area contributed by atoms with Crippen molar-refractivity contribution in [2.45, 2.75) is 26.3 Å². The smallest absolute Gasteiger partial charge is 0.0233 e. The van der Waals surface area contributed by atoms with Crippen LogP contribution < -0.4 is 0 Å². The molecule has 0 saturated carbocycles. The minimum atomic E-state index is 1.10. The summed E-state index contributed by atoms with van der Waals surface area (Å²) in [5, 5.41) is 0. The van der Waals surface area contributed by atoms with Crippen LogP contribution in [0, 0.1) is 0 Å². The molecule has 0 radical (unpaired) electrons. The Kier molecular flexibility index (Phi) is 3.22. The first-order valence-corrected chi connectivity index (χ1v) is 5.73.